The fourth-order valence-electron chi connectivity index (χ4n) is 2.19. The molecule has 0 fully saturated rings. The number of benzene rings is 2. The third kappa shape index (κ3) is 5.27. The molecule has 0 heterocycles. The van der Waals surface area contributed by atoms with E-state index in [0.717, 1.165) is 18.8 Å². The quantitative estimate of drug-likeness (QED) is 0.424. The summed E-state index contributed by atoms with van der Waals surface area (Å²) in [6, 6.07) is 16.8. The van der Waals surface area contributed by atoms with Gasteiger partial charge in [-0.1, -0.05) is 30.3 Å². The maximum atomic E-state index is 12.3. The van der Waals surface area contributed by atoms with Gasteiger partial charge in [0.15, 0.2) is 5.78 Å². The van der Waals surface area contributed by atoms with Crippen molar-refractivity contribution in [3.05, 3.63) is 65.7 Å². The largest absolute Gasteiger partial charge is 0.493 e. The Kier molecular flexibility index (Phi) is 5.74. The number of carbonyl (C=O) groups excluding carboxylic acids is 1. The molecule has 3 heteroatoms. The van der Waals surface area contributed by atoms with Gasteiger partial charge in [-0.15, -0.1) is 0 Å². The van der Waals surface area contributed by atoms with Crippen LogP contribution in [0.4, 0.5) is 0 Å². The monoisotopic (exact) mass is 315 g/mol. The number of hydrogen-bond acceptors (Lipinski definition) is 2. The Morgan fingerprint density at radius 2 is 1.50 bits per heavy atom. The molecule has 0 N–H and O–H groups in total. The summed E-state index contributed by atoms with van der Waals surface area (Å²) in [5.41, 5.74) is 1.41. The predicted molar refractivity (Wildman–Crippen MR) is 96.0 cm³/mol. The van der Waals surface area contributed by atoms with Crippen molar-refractivity contribution in [2.75, 3.05) is 32.8 Å². The third-order valence-corrected chi connectivity index (χ3v) is 5.05. The second-order valence-electron chi connectivity index (χ2n) is 6.44. The molecule has 0 aliphatic heterocycles. The lowest BCUT2D eigenvalue weighted by Crippen LogP contribution is -2.03. The highest BCUT2D eigenvalue weighted by atomic mass is 31.2. The van der Waals surface area contributed by atoms with E-state index in [1.165, 1.54) is 6.16 Å². The van der Waals surface area contributed by atoms with Crippen molar-refractivity contribution in [3.8, 4) is 5.75 Å². The van der Waals surface area contributed by atoms with Crippen molar-refractivity contribution in [2.24, 2.45) is 0 Å². The van der Waals surface area contributed by atoms with Gasteiger partial charge in [-0.2, -0.15) is 0 Å². The van der Waals surface area contributed by atoms with Gasteiger partial charge in [0.05, 0.1) is 12.8 Å². The van der Waals surface area contributed by atoms with Gasteiger partial charge in [-0.3, -0.25) is 4.79 Å². The Bertz CT molecular complexity index is 598. The molecule has 0 radical (unpaired) electrons. The zero-order valence-corrected chi connectivity index (χ0v) is 14.5. The van der Waals surface area contributed by atoms with Crippen LogP contribution < -0.4 is 4.74 Å². The number of carbonyl (C=O) groups is 1. The lowest BCUT2D eigenvalue weighted by molar-refractivity contribution is 0.103. The number of ketones is 1. The molecule has 0 unspecified atom stereocenters. The fraction of sp³-hybridized carbons (Fsp3) is 0.316. The lowest BCUT2D eigenvalue weighted by Gasteiger charge is -2.12. The number of rotatable bonds is 7. The van der Waals surface area contributed by atoms with Crippen LogP contribution in [0.3, 0.4) is 0 Å². The zero-order valence-electron chi connectivity index (χ0n) is 13.6. The third-order valence-electron chi connectivity index (χ3n) is 3.39. The highest BCUT2D eigenvalue weighted by molar-refractivity contribution is 7.73. The van der Waals surface area contributed by atoms with Crippen molar-refractivity contribution in [1.82, 2.24) is 0 Å². The topological polar surface area (TPSA) is 26.3 Å². The van der Waals surface area contributed by atoms with Crippen LogP contribution in [0.5, 0.6) is 5.75 Å². The summed E-state index contributed by atoms with van der Waals surface area (Å²) in [5.74, 6) is 0.876. The highest BCUT2D eigenvalue weighted by Crippen LogP contribution is 2.46. The summed E-state index contributed by atoms with van der Waals surface area (Å²) in [4.78, 5) is 12.3. The molecule has 0 atom stereocenters. The maximum absolute atomic E-state index is 12.3. The first-order valence-electron chi connectivity index (χ1n) is 7.59. The van der Waals surface area contributed by atoms with Crippen LogP contribution in [0.15, 0.2) is 54.6 Å². The molecule has 2 nitrogen and oxygen atoms in total. The van der Waals surface area contributed by atoms with Gasteiger partial charge >= 0.3 is 0 Å². The zero-order chi connectivity index (χ0) is 16.0. The van der Waals surface area contributed by atoms with E-state index in [4.69, 9.17) is 4.74 Å². The smallest absolute Gasteiger partial charge is 0.193 e. The molecule has 2 rings (SSSR count). The van der Waals surface area contributed by atoms with Crippen molar-refractivity contribution < 1.29 is 9.53 Å². The molecule has 0 bridgehead atoms. The molecular weight excluding hydrogens is 291 g/mol. The van der Waals surface area contributed by atoms with Crippen LogP contribution in [-0.2, 0) is 0 Å². The normalized spacial score (nSPS) is 11.2. The Labute approximate surface area is 133 Å². The van der Waals surface area contributed by atoms with Gasteiger partial charge in [0.25, 0.3) is 0 Å². The molecule has 2 aromatic carbocycles. The van der Waals surface area contributed by atoms with Crippen LogP contribution in [0.1, 0.15) is 22.3 Å². The molecule has 22 heavy (non-hydrogen) atoms. The van der Waals surface area contributed by atoms with Crippen LogP contribution in [0, 0.1) is 0 Å². The van der Waals surface area contributed by atoms with Gasteiger partial charge in [-0.25, -0.2) is 0 Å². The second kappa shape index (κ2) is 7.56. The molecule has 2 aromatic rings. The molecule has 0 saturated heterocycles. The van der Waals surface area contributed by atoms with Gasteiger partial charge in [0.1, 0.15) is 5.75 Å². The predicted octanol–water partition coefficient (Wildman–Crippen LogP) is 4.59. The van der Waals surface area contributed by atoms with Gasteiger partial charge < -0.3 is 4.74 Å². The summed E-state index contributed by atoms with van der Waals surface area (Å²) in [5, 5.41) is 0. The first kappa shape index (κ1) is 16.7. The molecule has 0 aromatic heterocycles. The fourth-order valence-corrected chi connectivity index (χ4v) is 3.27. The number of ether oxygens (including phenoxy) is 1. The Balaban J connectivity index is 1.89. The van der Waals surface area contributed by atoms with Crippen LogP contribution in [0.2, 0.25) is 0 Å². The van der Waals surface area contributed by atoms with Crippen LogP contribution in [-0.4, -0.2) is 38.5 Å². The summed E-state index contributed by atoms with van der Waals surface area (Å²) < 4.78 is 5.75. The molecule has 0 spiro atoms. The standard InChI is InChI=1S/C19H24O2P/c1-22(2,3)15-7-14-21-18-12-10-17(11-13-18)19(20)16-8-5-4-6-9-16/h4-6,8-13H,7,14-15H2,1-3H3/q+1. The van der Waals surface area contributed by atoms with E-state index in [0.29, 0.717) is 11.1 Å². The van der Waals surface area contributed by atoms with Crippen molar-refractivity contribution in [2.45, 2.75) is 6.42 Å². The summed E-state index contributed by atoms with van der Waals surface area (Å²) in [7, 11) is -0.717. The van der Waals surface area contributed by atoms with E-state index in [1.807, 2.05) is 54.6 Å². The minimum Gasteiger partial charge on any atom is -0.493 e. The molecule has 0 aliphatic rings. The van der Waals surface area contributed by atoms with Gasteiger partial charge in [0.2, 0.25) is 0 Å². The number of hydrogen-bond donors (Lipinski definition) is 0. The first-order chi connectivity index (χ1) is 10.5. The van der Waals surface area contributed by atoms with Gasteiger partial charge in [0, 0.05) is 44.8 Å². The second-order valence-corrected chi connectivity index (χ2v) is 11.5. The van der Waals surface area contributed by atoms with Crippen LogP contribution in [0.25, 0.3) is 0 Å². The highest BCUT2D eigenvalue weighted by Gasteiger charge is 2.15. The molecule has 0 amide bonds. The van der Waals surface area contributed by atoms with E-state index in [9.17, 15) is 4.79 Å². The average molecular weight is 315 g/mol. The van der Waals surface area contributed by atoms with E-state index >= 15 is 0 Å². The van der Waals surface area contributed by atoms with E-state index in [2.05, 4.69) is 20.0 Å². The molecule has 0 saturated carbocycles. The Morgan fingerprint density at radius 3 is 2.09 bits per heavy atom. The summed E-state index contributed by atoms with van der Waals surface area (Å²) in [6.07, 6.45) is 2.33. The summed E-state index contributed by atoms with van der Waals surface area (Å²) >= 11 is 0. The van der Waals surface area contributed by atoms with Gasteiger partial charge in [-0.05, 0) is 24.3 Å². The lowest BCUT2D eigenvalue weighted by atomic mass is 10.0. The minimum atomic E-state index is -0.717. The summed E-state index contributed by atoms with van der Waals surface area (Å²) in [6.45, 7) is 7.77. The van der Waals surface area contributed by atoms with E-state index in [-0.39, 0.29) is 5.78 Å². The average Bonchev–Trinajstić information content (AvgIpc) is 2.51. The van der Waals surface area contributed by atoms with Crippen molar-refractivity contribution in [1.29, 1.82) is 0 Å². The maximum Gasteiger partial charge on any atom is 0.193 e. The van der Waals surface area contributed by atoms with Crippen molar-refractivity contribution in [3.63, 3.8) is 0 Å². The minimum absolute atomic E-state index is 0.0460. The van der Waals surface area contributed by atoms with Crippen LogP contribution >= 0.6 is 7.26 Å². The molecular formula is C19H24O2P+. The first-order valence-corrected chi connectivity index (χ1v) is 10.9. The van der Waals surface area contributed by atoms with E-state index < -0.39 is 7.26 Å². The van der Waals surface area contributed by atoms with E-state index in [1.54, 1.807) is 0 Å². The SMILES string of the molecule is C[P+](C)(C)CCCOc1ccc(C(=O)c2ccccc2)cc1. The Morgan fingerprint density at radius 1 is 0.909 bits per heavy atom. The molecule has 116 valence electrons. The van der Waals surface area contributed by atoms with Crippen molar-refractivity contribution >= 4 is 13.0 Å². The molecule has 0 aliphatic carbocycles. The Hall–Kier alpha value is -1.66.